The van der Waals surface area contributed by atoms with Crippen LogP contribution in [0.4, 0.5) is 5.69 Å². The number of aromatic nitrogens is 1. The molecule has 4 heteroatoms. The van der Waals surface area contributed by atoms with E-state index in [0.29, 0.717) is 10.8 Å². The summed E-state index contributed by atoms with van der Waals surface area (Å²) in [6.07, 6.45) is 4.64. The van der Waals surface area contributed by atoms with E-state index in [1.165, 1.54) is 6.08 Å². The van der Waals surface area contributed by atoms with Crippen molar-refractivity contribution in [2.45, 2.75) is 6.92 Å². The summed E-state index contributed by atoms with van der Waals surface area (Å²) in [7, 11) is 0. The second-order valence-electron chi connectivity index (χ2n) is 2.33. The van der Waals surface area contributed by atoms with Crippen LogP contribution in [0.15, 0.2) is 30.5 Å². The van der Waals surface area contributed by atoms with Crippen LogP contribution in [-0.2, 0) is 4.79 Å². The van der Waals surface area contributed by atoms with Gasteiger partial charge in [0.15, 0.2) is 5.15 Å². The van der Waals surface area contributed by atoms with E-state index >= 15 is 0 Å². The number of rotatable bonds is 2. The second kappa shape index (κ2) is 4.62. The van der Waals surface area contributed by atoms with Crippen molar-refractivity contribution in [2.24, 2.45) is 0 Å². The Morgan fingerprint density at radius 2 is 2.46 bits per heavy atom. The minimum atomic E-state index is -0.211. The lowest BCUT2D eigenvalue weighted by atomic mass is 10.4. The smallest absolute Gasteiger partial charge is 0.248 e. The molecule has 0 radical (unpaired) electrons. The van der Waals surface area contributed by atoms with E-state index < -0.39 is 0 Å². The third-order valence-electron chi connectivity index (χ3n) is 1.33. The molecule has 1 aromatic heterocycles. The molecule has 0 aliphatic heterocycles. The van der Waals surface area contributed by atoms with Gasteiger partial charge in [-0.1, -0.05) is 17.7 Å². The topological polar surface area (TPSA) is 42.0 Å². The van der Waals surface area contributed by atoms with Gasteiger partial charge in [0.2, 0.25) is 5.91 Å². The van der Waals surface area contributed by atoms with E-state index in [-0.39, 0.29) is 5.91 Å². The van der Waals surface area contributed by atoms with Gasteiger partial charge in [-0.05, 0) is 25.1 Å². The first-order valence-corrected chi connectivity index (χ1v) is 4.16. The van der Waals surface area contributed by atoms with E-state index in [1.54, 1.807) is 31.3 Å². The van der Waals surface area contributed by atoms with Crippen molar-refractivity contribution in [3.8, 4) is 0 Å². The number of amides is 1. The molecule has 0 atom stereocenters. The van der Waals surface area contributed by atoms with Gasteiger partial charge in [-0.25, -0.2) is 4.98 Å². The number of allylic oxidation sites excluding steroid dienone is 1. The summed E-state index contributed by atoms with van der Waals surface area (Å²) < 4.78 is 0. The zero-order chi connectivity index (χ0) is 9.68. The van der Waals surface area contributed by atoms with Gasteiger partial charge in [-0.3, -0.25) is 4.79 Å². The Morgan fingerprint density at radius 3 is 3.08 bits per heavy atom. The van der Waals surface area contributed by atoms with E-state index in [2.05, 4.69) is 10.3 Å². The lowest BCUT2D eigenvalue weighted by molar-refractivity contribution is -0.111. The van der Waals surface area contributed by atoms with Crippen LogP contribution in [0.2, 0.25) is 5.15 Å². The quantitative estimate of drug-likeness (QED) is 0.582. The van der Waals surface area contributed by atoms with Gasteiger partial charge in [-0.2, -0.15) is 0 Å². The van der Waals surface area contributed by atoms with Crippen LogP contribution in [0, 0.1) is 0 Å². The molecule has 0 saturated carbocycles. The normalized spacial score (nSPS) is 10.3. The molecule has 68 valence electrons. The summed E-state index contributed by atoms with van der Waals surface area (Å²) >= 11 is 5.72. The Morgan fingerprint density at radius 1 is 1.69 bits per heavy atom. The molecule has 1 aromatic rings. The highest BCUT2D eigenvalue weighted by atomic mass is 35.5. The Bertz CT molecular complexity index is 336. The van der Waals surface area contributed by atoms with Crippen molar-refractivity contribution in [3.05, 3.63) is 35.6 Å². The zero-order valence-electron chi connectivity index (χ0n) is 7.12. The average Bonchev–Trinajstić information content (AvgIpc) is 2.09. The van der Waals surface area contributed by atoms with Gasteiger partial charge < -0.3 is 5.32 Å². The Kier molecular flexibility index (Phi) is 3.46. The molecule has 0 aromatic carbocycles. The third-order valence-corrected chi connectivity index (χ3v) is 1.64. The fourth-order valence-corrected chi connectivity index (χ4v) is 0.972. The van der Waals surface area contributed by atoms with Crippen molar-refractivity contribution in [2.75, 3.05) is 5.32 Å². The highest BCUT2D eigenvalue weighted by Crippen LogP contribution is 2.16. The predicted molar refractivity (Wildman–Crippen MR) is 52.7 cm³/mol. The maximum Gasteiger partial charge on any atom is 0.248 e. The molecule has 13 heavy (non-hydrogen) atoms. The fraction of sp³-hybridized carbons (Fsp3) is 0.111. The summed E-state index contributed by atoms with van der Waals surface area (Å²) in [5, 5.41) is 2.88. The van der Waals surface area contributed by atoms with Gasteiger partial charge in [0, 0.05) is 6.20 Å². The summed E-state index contributed by atoms with van der Waals surface area (Å²) in [5.74, 6) is -0.211. The monoisotopic (exact) mass is 196 g/mol. The Hall–Kier alpha value is -1.35. The lowest BCUT2D eigenvalue weighted by Gasteiger charge is -2.02. The third kappa shape index (κ3) is 2.87. The van der Waals surface area contributed by atoms with Crippen molar-refractivity contribution < 1.29 is 4.79 Å². The van der Waals surface area contributed by atoms with Gasteiger partial charge in [0.25, 0.3) is 0 Å². The van der Waals surface area contributed by atoms with Crippen molar-refractivity contribution >= 4 is 23.2 Å². The summed E-state index contributed by atoms with van der Waals surface area (Å²) in [6.45, 7) is 1.77. The number of carbonyl (C=O) groups excluding carboxylic acids is 1. The van der Waals surface area contributed by atoms with Crippen LogP contribution in [0.5, 0.6) is 0 Å². The summed E-state index contributed by atoms with van der Waals surface area (Å²) in [4.78, 5) is 14.9. The largest absolute Gasteiger partial charge is 0.320 e. The molecular weight excluding hydrogens is 188 g/mol. The molecule has 1 heterocycles. The van der Waals surface area contributed by atoms with Crippen molar-refractivity contribution in [1.82, 2.24) is 4.98 Å². The van der Waals surface area contributed by atoms with Crippen LogP contribution >= 0.6 is 11.6 Å². The molecule has 1 amide bonds. The zero-order valence-corrected chi connectivity index (χ0v) is 7.88. The molecule has 1 N–H and O–H groups in total. The number of hydrogen-bond acceptors (Lipinski definition) is 2. The van der Waals surface area contributed by atoms with Crippen LogP contribution in [0.1, 0.15) is 6.92 Å². The van der Waals surface area contributed by atoms with Gasteiger partial charge in [0.1, 0.15) is 0 Å². The molecule has 0 unspecified atom stereocenters. The van der Waals surface area contributed by atoms with Crippen molar-refractivity contribution in [3.63, 3.8) is 0 Å². The first-order chi connectivity index (χ1) is 6.24. The number of anilines is 1. The van der Waals surface area contributed by atoms with E-state index in [9.17, 15) is 4.79 Å². The molecule has 3 nitrogen and oxygen atoms in total. The van der Waals surface area contributed by atoms with Gasteiger partial charge in [-0.15, -0.1) is 0 Å². The SMILES string of the molecule is C/C=C/C(=O)Nc1cccnc1Cl. The van der Waals surface area contributed by atoms with Crippen molar-refractivity contribution in [1.29, 1.82) is 0 Å². The number of hydrogen-bond donors (Lipinski definition) is 1. The lowest BCUT2D eigenvalue weighted by Crippen LogP contribution is -2.08. The second-order valence-corrected chi connectivity index (χ2v) is 2.69. The first-order valence-electron chi connectivity index (χ1n) is 3.78. The summed E-state index contributed by atoms with van der Waals surface area (Å²) in [6, 6.07) is 3.40. The van der Waals surface area contributed by atoms with E-state index in [0.717, 1.165) is 0 Å². The molecular formula is C9H9ClN2O. The molecule has 1 rings (SSSR count). The summed E-state index contributed by atoms with van der Waals surface area (Å²) in [5.41, 5.74) is 0.521. The van der Waals surface area contributed by atoms with Crippen LogP contribution in [-0.4, -0.2) is 10.9 Å². The maximum atomic E-state index is 11.1. The molecule has 0 aliphatic rings. The molecule has 0 spiro atoms. The Labute approximate surface area is 81.4 Å². The molecule has 0 fully saturated rings. The van der Waals surface area contributed by atoms with Crippen LogP contribution in [0.25, 0.3) is 0 Å². The molecule has 0 bridgehead atoms. The molecule has 0 saturated heterocycles. The fourth-order valence-electron chi connectivity index (χ4n) is 0.805. The molecule has 0 aliphatic carbocycles. The number of halogens is 1. The van der Waals surface area contributed by atoms with E-state index in [1.807, 2.05) is 0 Å². The number of pyridine rings is 1. The number of carbonyl (C=O) groups is 1. The van der Waals surface area contributed by atoms with E-state index in [4.69, 9.17) is 11.6 Å². The standard InChI is InChI=1S/C9H9ClN2O/c1-2-4-8(13)12-7-5-3-6-11-9(7)10/h2-6H,1H3,(H,12,13)/b4-2+. The number of nitrogens with one attached hydrogen (secondary N) is 1. The number of nitrogens with zero attached hydrogens (tertiary/aromatic N) is 1. The average molecular weight is 197 g/mol. The van der Waals surface area contributed by atoms with Gasteiger partial charge in [0.05, 0.1) is 5.69 Å². The highest BCUT2D eigenvalue weighted by molar-refractivity contribution is 6.32. The predicted octanol–water partition coefficient (Wildman–Crippen LogP) is 2.25. The Balaban J connectivity index is 2.74. The minimum Gasteiger partial charge on any atom is -0.320 e. The van der Waals surface area contributed by atoms with Crippen LogP contribution < -0.4 is 5.32 Å². The van der Waals surface area contributed by atoms with Gasteiger partial charge >= 0.3 is 0 Å². The van der Waals surface area contributed by atoms with Crippen LogP contribution in [0.3, 0.4) is 0 Å². The first kappa shape index (κ1) is 9.74. The highest BCUT2D eigenvalue weighted by Gasteiger charge is 2.01. The maximum absolute atomic E-state index is 11.1. The minimum absolute atomic E-state index is 0.211.